The summed E-state index contributed by atoms with van der Waals surface area (Å²) in [4.78, 5) is 17.2. The van der Waals surface area contributed by atoms with Gasteiger partial charge in [-0.15, -0.1) is 11.8 Å². The maximum Gasteiger partial charge on any atom is 0.274 e. The molecule has 0 radical (unpaired) electrons. The molecule has 0 aliphatic rings. The van der Waals surface area contributed by atoms with Gasteiger partial charge in [-0.2, -0.15) is 0 Å². The molecular weight excluding hydrogens is 314 g/mol. The van der Waals surface area contributed by atoms with Crippen LogP contribution < -0.4 is 10.9 Å². The molecule has 0 saturated heterocycles. The van der Waals surface area contributed by atoms with Gasteiger partial charge in [-0.25, -0.2) is 4.98 Å². The van der Waals surface area contributed by atoms with Crippen molar-refractivity contribution in [1.29, 1.82) is 0 Å². The van der Waals surface area contributed by atoms with Crippen LogP contribution in [0.2, 0.25) is 0 Å². The highest BCUT2D eigenvalue weighted by Gasteiger charge is 2.04. The van der Waals surface area contributed by atoms with E-state index in [0.717, 1.165) is 9.37 Å². The third kappa shape index (κ3) is 2.94. The summed E-state index contributed by atoms with van der Waals surface area (Å²) in [5, 5.41) is 3.02. The molecule has 0 aliphatic heterocycles. The van der Waals surface area contributed by atoms with Gasteiger partial charge >= 0.3 is 0 Å². The van der Waals surface area contributed by atoms with Crippen LogP contribution in [0.4, 0.5) is 11.5 Å². The van der Waals surface area contributed by atoms with E-state index in [1.165, 1.54) is 4.57 Å². The average Bonchev–Trinajstić information content (AvgIpc) is 2.36. The molecule has 0 aliphatic carbocycles. The lowest BCUT2D eigenvalue weighted by Crippen LogP contribution is -2.19. The van der Waals surface area contributed by atoms with E-state index in [4.69, 9.17) is 0 Å². The van der Waals surface area contributed by atoms with Crippen LogP contribution in [0.1, 0.15) is 0 Å². The van der Waals surface area contributed by atoms with Gasteiger partial charge in [0.25, 0.3) is 5.56 Å². The predicted molar refractivity (Wildman–Crippen MR) is 78.7 cm³/mol. The number of nitrogens with one attached hydrogen (secondary N) is 1. The normalized spacial score (nSPS) is 10.4. The lowest BCUT2D eigenvalue weighted by molar-refractivity contribution is 0.858. The van der Waals surface area contributed by atoms with Crippen LogP contribution in [-0.4, -0.2) is 15.8 Å². The third-order valence-electron chi connectivity index (χ3n) is 2.38. The van der Waals surface area contributed by atoms with Gasteiger partial charge in [0.15, 0.2) is 0 Å². The highest BCUT2D eigenvalue weighted by atomic mass is 79.9. The third-order valence-corrected chi connectivity index (χ3v) is 3.53. The van der Waals surface area contributed by atoms with Gasteiger partial charge in [-0.3, -0.25) is 4.79 Å². The van der Waals surface area contributed by atoms with Gasteiger partial charge in [-0.05, 0) is 40.4 Å². The molecule has 18 heavy (non-hydrogen) atoms. The second-order valence-electron chi connectivity index (χ2n) is 3.70. The fraction of sp³-hybridized carbons (Fsp3) is 0.167. The smallest absolute Gasteiger partial charge is 0.274 e. The van der Waals surface area contributed by atoms with E-state index in [2.05, 4.69) is 26.2 Å². The molecule has 0 atom stereocenters. The van der Waals surface area contributed by atoms with Gasteiger partial charge < -0.3 is 9.88 Å². The zero-order chi connectivity index (χ0) is 13.1. The van der Waals surface area contributed by atoms with Crippen LogP contribution in [0, 0.1) is 0 Å². The highest BCUT2D eigenvalue weighted by molar-refractivity contribution is 9.10. The van der Waals surface area contributed by atoms with E-state index in [0.29, 0.717) is 11.5 Å². The molecule has 2 heterocycles. The number of nitrogens with zero attached hydrogens (tertiary/aromatic N) is 2. The number of rotatable bonds is 3. The largest absolute Gasteiger partial charge is 0.336 e. The van der Waals surface area contributed by atoms with E-state index in [1.807, 2.05) is 18.4 Å². The summed E-state index contributed by atoms with van der Waals surface area (Å²) >= 11 is 4.99. The first kappa shape index (κ1) is 13.2. The Hall–Kier alpha value is -1.27. The summed E-state index contributed by atoms with van der Waals surface area (Å²) in [6.45, 7) is 0. The average molecular weight is 326 g/mol. The van der Waals surface area contributed by atoms with E-state index < -0.39 is 0 Å². The minimum atomic E-state index is -0.0889. The van der Waals surface area contributed by atoms with Crippen LogP contribution >= 0.6 is 27.7 Å². The van der Waals surface area contributed by atoms with Crippen LogP contribution in [0.3, 0.4) is 0 Å². The van der Waals surface area contributed by atoms with Gasteiger partial charge in [0.1, 0.15) is 11.5 Å². The molecule has 2 aromatic heterocycles. The van der Waals surface area contributed by atoms with Gasteiger partial charge in [0, 0.05) is 28.8 Å². The zero-order valence-corrected chi connectivity index (χ0v) is 12.4. The predicted octanol–water partition coefficient (Wildman–Crippen LogP) is 3.01. The van der Waals surface area contributed by atoms with Gasteiger partial charge in [-0.1, -0.05) is 0 Å². The van der Waals surface area contributed by atoms with Crippen molar-refractivity contribution < 1.29 is 0 Å². The van der Waals surface area contributed by atoms with Crippen LogP contribution in [-0.2, 0) is 7.05 Å². The molecule has 2 aromatic rings. The molecule has 0 amide bonds. The molecule has 0 saturated carbocycles. The molecule has 4 nitrogen and oxygen atoms in total. The minimum absolute atomic E-state index is 0.0889. The van der Waals surface area contributed by atoms with Gasteiger partial charge in [0.2, 0.25) is 0 Å². The van der Waals surface area contributed by atoms with Crippen molar-refractivity contribution in [2.45, 2.75) is 4.90 Å². The maximum atomic E-state index is 11.9. The minimum Gasteiger partial charge on any atom is -0.336 e. The molecule has 0 spiro atoms. The van der Waals surface area contributed by atoms with Crippen molar-refractivity contribution in [2.24, 2.45) is 7.05 Å². The fourth-order valence-corrected chi connectivity index (χ4v) is 2.37. The van der Waals surface area contributed by atoms with E-state index in [9.17, 15) is 4.79 Å². The highest BCUT2D eigenvalue weighted by Crippen LogP contribution is 2.18. The number of aromatic nitrogens is 2. The standard InChI is InChI=1S/C12H12BrN3OS/c1-16-7-8(13)5-10(12(16)17)15-11-4-3-9(18-2)6-14-11/h3-7H,1-2H3,(H,14,15). The number of pyridine rings is 2. The molecule has 2 rings (SSSR count). The number of hydrogen-bond acceptors (Lipinski definition) is 4. The van der Waals surface area contributed by atoms with E-state index >= 15 is 0 Å². The number of aryl methyl sites for hydroxylation is 1. The summed E-state index contributed by atoms with van der Waals surface area (Å²) in [6.07, 6.45) is 5.49. The Kier molecular flexibility index (Phi) is 4.08. The molecule has 0 fully saturated rings. The molecule has 0 unspecified atom stereocenters. The van der Waals surface area contributed by atoms with E-state index in [1.54, 1.807) is 37.3 Å². The molecule has 0 bridgehead atoms. The Morgan fingerprint density at radius 3 is 2.83 bits per heavy atom. The van der Waals surface area contributed by atoms with Crippen molar-refractivity contribution in [3.05, 3.63) is 45.4 Å². The number of thioether (sulfide) groups is 1. The Balaban J connectivity index is 2.31. The molecule has 94 valence electrons. The first-order valence-corrected chi connectivity index (χ1v) is 7.25. The van der Waals surface area contributed by atoms with Crippen LogP contribution in [0.5, 0.6) is 0 Å². The number of hydrogen-bond donors (Lipinski definition) is 1. The van der Waals surface area contributed by atoms with Crippen molar-refractivity contribution >= 4 is 39.2 Å². The topological polar surface area (TPSA) is 46.9 Å². The lowest BCUT2D eigenvalue weighted by Gasteiger charge is -2.07. The Morgan fingerprint density at radius 2 is 2.22 bits per heavy atom. The zero-order valence-electron chi connectivity index (χ0n) is 9.98. The van der Waals surface area contributed by atoms with Crippen LogP contribution in [0.25, 0.3) is 0 Å². The molecule has 1 N–H and O–H groups in total. The van der Waals surface area contributed by atoms with Gasteiger partial charge in [0.05, 0.1) is 0 Å². The van der Waals surface area contributed by atoms with Crippen molar-refractivity contribution in [3.8, 4) is 0 Å². The summed E-state index contributed by atoms with van der Waals surface area (Å²) in [7, 11) is 1.71. The molecule has 6 heteroatoms. The summed E-state index contributed by atoms with van der Waals surface area (Å²) < 4.78 is 2.36. The number of anilines is 2. The second-order valence-corrected chi connectivity index (χ2v) is 5.49. The fourth-order valence-electron chi connectivity index (χ4n) is 1.47. The Morgan fingerprint density at radius 1 is 1.44 bits per heavy atom. The lowest BCUT2D eigenvalue weighted by atomic mass is 10.4. The van der Waals surface area contributed by atoms with Crippen molar-refractivity contribution in [3.63, 3.8) is 0 Å². The van der Waals surface area contributed by atoms with Crippen molar-refractivity contribution in [1.82, 2.24) is 9.55 Å². The maximum absolute atomic E-state index is 11.9. The first-order valence-electron chi connectivity index (χ1n) is 5.23. The SMILES string of the molecule is CSc1ccc(Nc2cc(Br)cn(C)c2=O)nc1. The van der Waals surface area contributed by atoms with Crippen molar-refractivity contribution in [2.75, 3.05) is 11.6 Å². The molecule has 0 aromatic carbocycles. The first-order chi connectivity index (χ1) is 8.60. The second kappa shape index (κ2) is 5.58. The van der Waals surface area contributed by atoms with Crippen LogP contribution in [0.15, 0.2) is 44.8 Å². The van der Waals surface area contributed by atoms with E-state index in [-0.39, 0.29) is 5.56 Å². The Bertz CT molecular complexity index is 610. The summed E-state index contributed by atoms with van der Waals surface area (Å²) in [5.74, 6) is 0.656. The monoisotopic (exact) mass is 325 g/mol. The molecular formula is C12H12BrN3OS. The summed E-state index contributed by atoms with van der Waals surface area (Å²) in [6, 6.07) is 5.56. The number of halogens is 1. The Labute approximate surface area is 118 Å². The quantitative estimate of drug-likeness (QED) is 0.881. The summed E-state index contributed by atoms with van der Waals surface area (Å²) in [5.41, 5.74) is 0.408.